The molecule has 0 saturated carbocycles. The van der Waals surface area contributed by atoms with Crippen molar-refractivity contribution < 1.29 is 23.9 Å². The summed E-state index contributed by atoms with van der Waals surface area (Å²) in [7, 11) is 2.09. The largest absolute Gasteiger partial charge is 0.488 e. The Hall–Kier alpha value is -2.86. The van der Waals surface area contributed by atoms with E-state index in [1.165, 1.54) is 30.4 Å². The van der Waals surface area contributed by atoms with Crippen molar-refractivity contribution in [3.8, 4) is 5.75 Å². The number of esters is 1. The number of carbonyl (C=O) groups excluding carboxylic acids is 3. The highest BCUT2D eigenvalue weighted by molar-refractivity contribution is 7.13. The first-order chi connectivity index (χ1) is 19.6. The number of rotatable bonds is 10. The van der Waals surface area contributed by atoms with Gasteiger partial charge in [-0.2, -0.15) is 0 Å². The average Bonchev–Trinajstić information content (AvgIpc) is 3.29. The third kappa shape index (κ3) is 8.57. The van der Waals surface area contributed by atoms with Gasteiger partial charge in [-0.25, -0.2) is 0 Å². The van der Waals surface area contributed by atoms with Gasteiger partial charge in [-0.3, -0.25) is 19.3 Å². The monoisotopic (exact) mass is 638 g/mol. The minimum absolute atomic E-state index is 0.0318. The van der Waals surface area contributed by atoms with E-state index < -0.39 is 17.8 Å². The number of carbonyl (C=O) groups is 3. The zero-order chi connectivity index (χ0) is 29.5. The van der Waals surface area contributed by atoms with E-state index in [4.69, 9.17) is 44.3 Å². The molecule has 0 atom stereocenters. The van der Waals surface area contributed by atoms with E-state index in [1.54, 1.807) is 24.3 Å². The fourth-order valence-corrected chi connectivity index (χ4v) is 5.71. The van der Waals surface area contributed by atoms with Gasteiger partial charge in [-0.1, -0.05) is 34.8 Å². The number of piperazine rings is 1. The maximum Gasteiger partial charge on any atom is 0.302 e. The molecule has 0 aliphatic carbocycles. The molecule has 2 N–H and O–H groups in total. The number of hydrogen-bond donors (Lipinski definition) is 2. The van der Waals surface area contributed by atoms with Crippen molar-refractivity contribution in [2.75, 3.05) is 57.1 Å². The third-order valence-corrected chi connectivity index (χ3v) is 8.34. The van der Waals surface area contributed by atoms with Crippen molar-refractivity contribution in [3.05, 3.63) is 72.9 Å². The molecule has 0 radical (unpaired) electrons. The number of thiophene rings is 1. The minimum atomic E-state index is -0.539. The molecule has 1 aliphatic rings. The van der Waals surface area contributed by atoms with Gasteiger partial charge in [0.15, 0.2) is 0 Å². The second-order valence-corrected chi connectivity index (χ2v) is 11.5. The topological polar surface area (TPSA) is 100 Å². The van der Waals surface area contributed by atoms with Crippen molar-refractivity contribution in [2.45, 2.75) is 13.5 Å². The number of nitrogens with zero attached hydrogens (tertiary/aromatic N) is 2. The molecule has 3 aromatic rings. The summed E-state index contributed by atoms with van der Waals surface area (Å²) >= 11 is 20.2. The molecule has 13 heteroatoms. The molecule has 0 spiro atoms. The summed E-state index contributed by atoms with van der Waals surface area (Å²) < 4.78 is 10.7. The van der Waals surface area contributed by atoms with Crippen LogP contribution >= 0.6 is 46.1 Å². The summed E-state index contributed by atoms with van der Waals surface area (Å²) in [4.78, 5) is 42.9. The van der Waals surface area contributed by atoms with E-state index in [2.05, 4.69) is 27.5 Å². The maximum atomic E-state index is 13.5. The van der Waals surface area contributed by atoms with E-state index in [0.29, 0.717) is 27.2 Å². The van der Waals surface area contributed by atoms with Crippen LogP contribution in [0.15, 0.2) is 41.8 Å². The van der Waals surface area contributed by atoms with E-state index >= 15 is 0 Å². The number of likely N-dealkylation sites (N-methyl/N-ethyl adjacent to an activating group) is 1. The molecule has 1 aliphatic heterocycles. The van der Waals surface area contributed by atoms with Crippen LogP contribution in [0.4, 0.5) is 11.4 Å². The van der Waals surface area contributed by atoms with Gasteiger partial charge in [0.05, 0.1) is 16.3 Å². The number of hydrogen-bond acceptors (Lipinski definition) is 8. The summed E-state index contributed by atoms with van der Waals surface area (Å²) in [6.45, 7) is 5.61. The van der Waals surface area contributed by atoms with Crippen LogP contribution in [0.25, 0.3) is 0 Å². The molecule has 1 fully saturated rings. The Balaban J connectivity index is 1.59. The Morgan fingerprint density at radius 3 is 2.32 bits per heavy atom. The molecule has 1 saturated heterocycles. The van der Waals surface area contributed by atoms with E-state index in [-0.39, 0.29) is 35.2 Å². The van der Waals surface area contributed by atoms with E-state index in [1.807, 2.05) is 5.38 Å². The molecular weight excluding hydrogens is 611 g/mol. The average molecular weight is 640 g/mol. The third-order valence-electron chi connectivity index (χ3n) is 6.29. The predicted octanol–water partition coefficient (Wildman–Crippen LogP) is 5.90. The van der Waals surface area contributed by atoms with Gasteiger partial charge in [0, 0.05) is 61.4 Å². The van der Waals surface area contributed by atoms with Gasteiger partial charge in [-0.15, -0.1) is 11.3 Å². The molecule has 41 heavy (non-hydrogen) atoms. The predicted molar refractivity (Wildman–Crippen MR) is 163 cm³/mol. The number of benzene rings is 2. The Morgan fingerprint density at radius 2 is 1.63 bits per heavy atom. The molecule has 1 aromatic heterocycles. The maximum absolute atomic E-state index is 13.5. The molecule has 2 heterocycles. The Kier molecular flexibility index (Phi) is 10.9. The van der Waals surface area contributed by atoms with Crippen LogP contribution in [0.1, 0.15) is 32.5 Å². The molecular formula is C28H29Cl3N4O5S. The Bertz CT molecular complexity index is 1410. The molecule has 218 valence electrons. The first-order valence-corrected chi connectivity index (χ1v) is 14.8. The van der Waals surface area contributed by atoms with Crippen LogP contribution < -0.4 is 15.4 Å². The van der Waals surface area contributed by atoms with Gasteiger partial charge in [0.1, 0.15) is 23.8 Å². The van der Waals surface area contributed by atoms with Crippen LogP contribution in [-0.2, 0) is 16.1 Å². The Morgan fingerprint density at radius 1 is 0.927 bits per heavy atom. The molecule has 2 amide bonds. The SMILES string of the molecule is CC(=O)OCCOc1cc(Cl)cc(C(=O)Nc2ccc(Cl)cc2)c1NC(=O)c1scc(CN2CCN(C)CC2)c1Cl. The summed E-state index contributed by atoms with van der Waals surface area (Å²) in [5.74, 6) is -1.37. The highest BCUT2D eigenvalue weighted by Crippen LogP contribution is 2.36. The normalized spacial score (nSPS) is 14.0. The van der Waals surface area contributed by atoms with Gasteiger partial charge in [0.25, 0.3) is 11.8 Å². The van der Waals surface area contributed by atoms with Gasteiger partial charge < -0.3 is 25.0 Å². The van der Waals surface area contributed by atoms with Crippen molar-refractivity contribution in [3.63, 3.8) is 0 Å². The van der Waals surface area contributed by atoms with Crippen molar-refractivity contribution in [1.29, 1.82) is 0 Å². The summed E-state index contributed by atoms with van der Waals surface area (Å²) in [6.07, 6.45) is 0. The first-order valence-electron chi connectivity index (χ1n) is 12.8. The summed E-state index contributed by atoms with van der Waals surface area (Å²) in [5.41, 5.74) is 1.51. The standard InChI is InChI=1S/C28H29Cl3N4O5S/c1-17(36)39-11-12-40-23-14-20(30)13-22(27(37)32-21-5-3-19(29)4-6-21)25(23)33-28(38)26-24(31)18(16-41-26)15-35-9-7-34(2)8-10-35/h3-6,13-14,16H,7-12,15H2,1-2H3,(H,32,37)(H,33,38). The van der Waals surface area contributed by atoms with Crippen LogP contribution in [-0.4, -0.2) is 74.0 Å². The van der Waals surface area contributed by atoms with Crippen molar-refractivity contribution in [2.24, 2.45) is 0 Å². The quantitative estimate of drug-likeness (QED) is 0.210. The lowest BCUT2D eigenvalue weighted by molar-refractivity contribution is -0.141. The van der Waals surface area contributed by atoms with Crippen LogP contribution in [0.2, 0.25) is 15.1 Å². The lowest BCUT2D eigenvalue weighted by Crippen LogP contribution is -2.43. The smallest absolute Gasteiger partial charge is 0.302 e. The van der Waals surface area contributed by atoms with Crippen molar-refractivity contribution in [1.82, 2.24) is 9.80 Å². The number of ether oxygens (including phenoxy) is 2. The van der Waals surface area contributed by atoms with Crippen molar-refractivity contribution >= 4 is 75.3 Å². The van der Waals surface area contributed by atoms with Crippen LogP contribution in [0.3, 0.4) is 0 Å². The number of anilines is 2. The number of amides is 2. The second-order valence-electron chi connectivity index (χ2n) is 9.41. The van der Waals surface area contributed by atoms with E-state index in [9.17, 15) is 14.4 Å². The zero-order valence-electron chi connectivity index (χ0n) is 22.5. The highest BCUT2D eigenvalue weighted by atomic mass is 35.5. The molecule has 0 unspecified atom stereocenters. The lowest BCUT2D eigenvalue weighted by Gasteiger charge is -2.32. The van der Waals surface area contributed by atoms with Gasteiger partial charge in [-0.05, 0) is 48.3 Å². The summed E-state index contributed by atoms with van der Waals surface area (Å²) in [5, 5.41) is 8.54. The van der Waals surface area contributed by atoms with E-state index in [0.717, 1.165) is 31.7 Å². The molecule has 4 rings (SSSR count). The highest BCUT2D eigenvalue weighted by Gasteiger charge is 2.25. The zero-order valence-corrected chi connectivity index (χ0v) is 25.6. The second kappa shape index (κ2) is 14.4. The molecule has 0 bridgehead atoms. The summed E-state index contributed by atoms with van der Waals surface area (Å²) in [6, 6.07) is 9.47. The van der Waals surface area contributed by atoms with Gasteiger partial charge >= 0.3 is 5.97 Å². The molecule has 2 aromatic carbocycles. The lowest BCUT2D eigenvalue weighted by atomic mass is 10.1. The fraction of sp³-hybridized carbons (Fsp3) is 0.321. The van der Waals surface area contributed by atoms with Gasteiger partial charge in [0.2, 0.25) is 0 Å². The number of nitrogens with one attached hydrogen (secondary N) is 2. The minimum Gasteiger partial charge on any atom is -0.488 e. The van der Waals surface area contributed by atoms with Crippen LogP contribution in [0.5, 0.6) is 5.75 Å². The molecule has 9 nitrogen and oxygen atoms in total. The van der Waals surface area contributed by atoms with Crippen LogP contribution in [0, 0.1) is 0 Å². The number of halogens is 3. The Labute approximate surface area is 257 Å². The fourth-order valence-electron chi connectivity index (χ4n) is 4.13. The first kappa shape index (κ1) is 31.1.